The third kappa shape index (κ3) is 4.79. The molecule has 2 fully saturated rings. The maximum absolute atomic E-state index is 12.5. The van der Waals surface area contributed by atoms with Crippen molar-refractivity contribution in [3.05, 3.63) is 41.6 Å². The normalized spacial score (nSPS) is 19.5. The number of pyridine rings is 1. The molecular formula is C21H25ClN4O. The van der Waals surface area contributed by atoms with Crippen LogP contribution in [-0.4, -0.2) is 30.5 Å². The van der Waals surface area contributed by atoms with Gasteiger partial charge in [-0.3, -0.25) is 4.79 Å². The molecule has 1 atom stereocenters. The zero-order valence-corrected chi connectivity index (χ0v) is 16.1. The van der Waals surface area contributed by atoms with E-state index in [1.165, 1.54) is 12.8 Å². The van der Waals surface area contributed by atoms with E-state index < -0.39 is 0 Å². The van der Waals surface area contributed by atoms with Gasteiger partial charge in [-0.1, -0.05) is 23.7 Å². The molecule has 1 aliphatic carbocycles. The van der Waals surface area contributed by atoms with Gasteiger partial charge in [0.05, 0.1) is 10.9 Å². The van der Waals surface area contributed by atoms with Crippen LogP contribution in [0.5, 0.6) is 0 Å². The fraction of sp³-hybridized carbons (Fsp3) is 0.429. The van der Waals surface area contributed by atoms with E-state index in [1.807, 2.05) is 18.2 Å². The van der Waals surface area contributed by atoms with E-state index in [0.29, 0.717) is 10.8 Å². The molecule has 1 aromatic carbocycles. The monoisotopic (exact) mass is 384 g/mol. The van der Waals surface area contributed by atoms with Gasteiger partial charge in [-0.25, -0.2) is 4.98 Å². The zero-order valence-electron chi connectivity index (χ0n) is 15.3. The molecule has 5 nitrogen and oxygen atoms in total. The number of halogens is 1. The number of nitrogens with one attached hydrogen (secondary N) is 3. The van der Waals surface area contributed by atoms with E-state index in [-0.39, 0.29) is 11.8 Å². The lowest BCUT2D eigenvalue weighted by Crippen LogP contribution is -2.37. The molecule has 2 aromatic rings. The van der Waals surface area contributed by atoms with Crippen molar-refractivity contribution in [3.8, 4) is 11.1 Å². The van der Waals surface area contributed by atoms with E-state index in [0.717, 1.165) is 55.2 Å². The van der Waals surface area contributed by atoms with E-state index in [4.69, 9.17) is 11.6 Å². The average Bonchev–Trinajstić information content (AvgIpc) is 3.53. The van der Waals surface area contributed by atoms with Gasteiger partial charge in [-0.2, -0.15) is 0 Å². The van der Waals surface area contributed by atoms with Crippen molar-refractivity contribution >= 4 is 29.0 Å². The molecule has 1 amide bonds. The molecule has 1 saturated heterocycles. The van der Waals surface area contributed by atoms with Gasteiger partial charge in [-0.15, -0.1) is 0 Å². The number of benzene rings is 1. The molecule has 3 N–H and O–H groups in total. The summed E-state index contributed by atoms with van der Waals surface area (Å²) in [6, 6.07) is 10.1. The molecule has 0 spiro atoms. The van der Waals surface area contributed by atoms with Crippen molar-refractivity contribution < 1.29 is 4.79 Å². The second-order valence-corrected chi connectivity index (χ2v) is 7.89. The average molecular weight is 385 g/mol. The third-order valence-electron chi connectivity index (χ3n) is 5.24. The molecule has 1 aromatic heterocycles. The van der Waals surface area contributed by atoms with E-state index in [2.05, 4.69) is 33.1 Å². The van der Waals surface area contributed by atoms with Crippen molar-refractivity contribution in [2.45, 2.75) is 25.7 Å². The topological polar surface area (TPSA) is 66.0 Å². The van der Waals surface area contributed by atoms with E-state index in [1.54, 1.807) is 6.20 Å². The van der Waals surface area contributed by atoms with Crippen LogP contribution in [0.1, 0.15) is 25.7 Å². The number of amides is 1. The van der Waals surface area contributed by atoms with Crippen LogP contribution in [0.15, 0.2) is 36.5 Å². The van der Waals surface area contributed by atoms with Crippen LogP contribution in [0.4, 0.5) is 11.5 Å². The summed E-state index contributed by atoms with van der Waals surface area (Å²) in [6.45, 7) is 2.73. The second kappa shape index (κ2) is 8.28. The smallest absolute Gasteiger partial charge is 0.229 e. The number of hydrogen-bond acceptors (Lipinski definition) is 4. The number of carbonyl (C=O) groups is 1. The quantitative estimate of drug-likeness (QED) is 0.699. The lowest BCUT2D eigenvalue weighted by atomic mass is 9.99. The van der Waals surface area contributed by atoms with Crippen LogP contribution in [0.3, 0.4) is 0 Å². The summed E-state index contributed by atoms with van der Waals surface area (Å²) >= 11 is 6.40. The number of hydrogen-bond donors (Lipinski definition) is 3. The van der Waals surface area contributed by atoms with Crippen molar-refractivity contribution in [2.75, 3.05) is 30.3 Å². The number of nitrogens with zero attached hydrogens (tertiary/aromatic N) is 1. The highest BCUT2D eigenvalue weighted by Gasteiger charge is 2.22. The van der Waals surface area contributed by atoms with Crippen molar-refractivity contribution in [1.29, 1.82) is 0 Å². The minimum absolute atomic E-state index is 0.00497. The molecule has 2 heterocycles. The summed E-state index contributed by atoms with van der Waals surface area (Å²) in [5, 5.41) is 10.3. The first-order chi connectivity index (χ1) is 13.2. The highest BCUT2D eigenvalue weighted by atomic mass is 35.5. The van der Waals surface area contributed by atoms with Gasteiger partial charge in [-0.05, 0) is 61.9 Å². The molecule has 2 aliphatic rings. The maximum atomic E-state index is 12.5. The van der Waals surface area contributed by atoms with Gasteiger partial charge in [0.25, 0.3) is 0 Å². The number of piperidine rings is 1. The fourth-order valence-electron chi connectivity index (χ4n) is 3.41. The predicted octanol–water partition coefficient (Wildman–Crippen LogP) is 4.16. The minimum Gasteiger partial charge on any atom is -0.385 e. The van der Waals surface area contributed by atoms with Crippen LogP contribution < -0.4 is 16.0 Å². The van der Waals surface area contributed by atoms with Gasteiger partial charge in [0.2, 0.25) is 5.91 Å². The number of rotatable bonds is 6. The summed E-state index contributed by atoms with van der Waals surface area (Å²) in [7, 11) is 0. The summed E-state index contributed by atoms with van der Waals surface area (Å²) < 4.78 is 0. The number of anilines is 2. The Labute approximate surface area is 164 Å². The highest BCUT2D eigenvalue weighted by Crippen LogP contribution is 2.32. The first-order valence-electron chi connectivity index (χ1n) is 9.70. The zero-order chi connectivity index (χ0) is 18.6. The van der Waals surface area contributed by atoms with Crippen LogP contribution in [0.25, 0.3) is 11.1 Å². The Hall–Kier alpha value is -2.11. The Morgan fingerprint density at radius 3 is 2.93 bits per heavy atom. The Balaban J connectivity index is 1.49. The Bertz CT molecular complexity index is 816. The summed E-state index contributed by atoms with van der Waals surface area (Å²) in [4.78, 5) is 16.8. The Morgan fingerprint density at radius 1 is 1.26 bits per heavy atom. The van der Waals surface area contributed by atoms with Crippen LogP contribution in [0.2, 0.25) is 5.02 Å². The summed E-state index contributed by atoms with van der Waals surface area (Å²) in [6.07, 6.45) is 6.19. The summed E-state index contributed by atoms with van der Waals surface area (Å²) in [5.41, 5.74) is 2.97. The summed E-state index contributed by atoms with van der Waals surface area (Å²) in [5.74, 6) is 1.37. The number of carbonyl (C=O) groups excluding carboxylic acids is 1. The van der Waals surface area contributed by atoms with Gasteiger partial charge < -0.3 is 16.0 Å². The minimum atomic E-state index is -0.00497. The lowest BCUT2D eigenvalue weighted by Gasteiger charge is -2.21. The third-order valence-corrected chi connectivity index (χ3v) is 5.54. The Morgan fingerprint density at radius 2 is 2.15 bits per heavy atom. The van der Waals surface area contributed by atoms with Crippen molar-refractivity contribution in [3.63, 3.8) is 0 Å². The first kappa shape index (κ1) is 18.3. The van der Waals surface area contributed by atoms with E-state index in [9.17, 15) is 4.79 Å². The standard InChI is InChI=1S/C21H25ClN4O/c22-19-13-25-20(26-21(27)16-4-2-8-23-12-16)10-18(19)15-3-1-5-17(9-15)24-11-14-6-7-14/h1,3,5,9-10,13-14,16,23-24H,2,4,6-8,11-12H2,(H,25,26,27)/t16-/m1/s1. The van der Waals surface area contributed by atoms with Crippen LogP contribution in [-0.2, 0) is 4.79 Å². The molecule has 142 valence electrons. The first-order valence-corrected chi connectivity index (χ1v) is 10.1. The maximum Gasteiger partial charge on any atom is 0.229 e. The molecule has 1 saturated carbocycles. The van der Waals surface area contributed by atoms with Gasteiger partial charge >= 0.3 is 0 Å². The second-order valence-electron chi connectivity index (χ2n) is 7.49. The lowest BCUT2D eigenvalue weighted by molar-refractivity contribution is -0.120. The van der Waals surface area contributed by atoms with Crippen LogP contribution >= 0.6 is 11.6 Å². The SMILES string of the molecule is O=C(Nc1cc(-c2cccc(NCC3CC3)c2)c(Cl)cn1)[C@@H]1CCCNC1. The molecule has 0 unspecified atom stereocenters. The molecular weight excluding hydrogens is 360 g/mol. The highest BCUT2D eigenvalue weighted by molar-refractivity contribution is 6.33. The molecule has 1 aliphatic heterocycles. The molecule has 0 radical (unpaired) electrons. The largest absolute Gasteiger partial charge is 0.385 e. The van der Waals surface area contributed by atoms with Gasteiger partial charge in [0, 0.05) is 30.5 Å². The van der Waals surface area contributed by atoms with Crippen LogP contribution in [0, 0.1) is 11.8 Å². The number of aromatic nitrogens is 1. The predicted molar refractivity (Wildman–Crippen MR) is 110 cm³/mol. The van der Waals surface area contributed by atoms with Crippen molar-refractivity contribution in [2.24, 2.45) is 11.8 Å². The Kier molecular flexibility index (Phi) is 5.60. The molecule has 6 heteroatoms. The van der Waals surface area contributed by atoms with E-state index >= 15 is 0 Å². The van der Waals surface area contributed by atoms with Gasteiger partial charge in [0.1, 0.15) is 5.82 Å². The molecule has 27 heavy (non-hydrogen) atoms. The fourth-order valence-corrected chi connectivity index (χ4v) is 3.63. The van der Waals surface area contributed by atoms with Gasteiger partial charge in [0.15, 0.2) is 0 Å². The molecule has 4 rings (SSSR count). The van der Waals surface area contributed by atoms with Crippen molar-refractivity contribution in [1.82, 2.24) is 10.3 Å². The molecule has 0 bridgehead atoms.